The van der Waals surface area contributed by atoms with Crippen LogP contribution in [0.25, 0.3) is 0 Å². The lowest BCUT2D eigenvalue weighted by molar-refractivity contribution is -0.139. The minimum atomic E-state index is -3.82. The van der Waals surface area contributed by atoms with Gasteiger partial charge < -0.3 is 15.0 Å². The van der Waals surface area contributed by atoms with Crippen molar-refractivity contribution in [2.24, 2.45) is 0 Å². The molecule has 0 aliphatic heterocycles. The molecule has 1 fully saturated rings. The minimum Gasteiger partial charge on any atom is -0.492 e. The van der Waals surface area contributed by atoms with Crippen LogP contribution in [-0.4, -0.2) is 56.6 Å². The molecule has 2 aromatic carbocycles. The van der Waals surface area contributed by atoms with Crippen LogP contribution in [0.3, 0.4) is 0 Å². The number of hydrogen-bond acceptors (Lipinski definition) is 5. The second-order valence-corrected chi connectivity index (χ2v) is 10.8. The molecule has 1 aliphatic carbocycles. The van der Waals surface area contributed by atoms with Crippen LogP contribution in [0.4, 0.5) is 5.69 Å². The molecule has 0 heterocycles. The molecule has 9 heteroatoms. The largest absolute Gasteiger partial charge is 0.492 e. The number of hydrogen-bond donors (Lipinski definition) is 1. The van der Waals surface area contributed by atoms with E-state index in [-0.39, 0.29) is 24.2 Å². The van der Waals surface area contributed by atoms with Crippen LogP contribution in [0.5, 0.6) is 5.75 Å². The van der Waals surface area contributed by atoms with Gasteiger partial charge in [0, 0.05) is 12.6 Å². The number of carbonyl (C=O) groups is 2. The maximum atomic E-state index is 13.6. The van der Waals surface area contributed by atoms with Gasteiger partial charge in [-0.1, -0.05) is 55.3 Å². The summed E-state index contributed by atoms with van der Waals surface area (Å²) in [5.41, 5.74) is 1.13. The van der Waals surface area contributed by atoms with Crippen molar-refractivity contribution in [2.45, 2.75) is 58.2 Å². The van der Waals surface area contributed by atoms with E-state index in [1.807, 2.05) is 30.3 Å². The zero-order valence-electron chi connectivity index (χ0n) is 20.6. The van der Waals surface area contributed by atoms with Crippen LogP contribution in [0.1, 0.15) is 45.1 Å². The number of para-hydroxylation sites is 2. The Hall–Kier alpha value is -3.07. The number of amides is 2. The molecule has 1 atom stereocenters. The predicted octanol–water partition coefficient (Wildman–Crippen LogP) is 3.33. The van der Waals surface area contributed by atoms with E-state index < -0.39 is 28.5 Å². The third kappa shape index (κ3) is 7.21. The smallest absolute Gasteiger partial charge is 0.244 e. The number of ether oxygens (including phenoxy) is 1. The van der Waals surface area contributed by atoms with E-state index in [1.54, 1.807) is 38.1 Å². The van der Waals surface area contributed by atoms with Gasteiger partial charge in [0.1, 0.15) is 18.3 Å². The molecular weight excluding hydrogens is 466 g/mol. The molecule has 190 valence electrons. The zero-order valence-corrected chi connectivity index (χ0v) is 21.5. The molecule has 1 saturated carbocycles. The van der Waals surface area contributed by atoms with Crippen molar-refractivity contribution < 1.29 is 22.7 Å². The molecule has 0 unspecified atom stereocenters. The third-order valence-electron chi connectivity index (χ3n) is 6.18. The van der Waals surface area contributed by atoms with Gasteiger partial charge in [0.05, 0.1) is 18.6 Å². The Bertz CT molecular complexity index is 1100. The lowest BCUT2D eigenvalue weighted by atomic mass is 10.1. The summed E-state index contributed by atoms with van der Waals surface area (Å²) >= 11 is 0. The summed E-state index contributed by atoms with van der Waals surface area (Å²) in [6, 6.07) is 15.4. The third-order valence-corrected chi connectivity index (χ3v) is 7.30. The van der Waals surface area contributed by atoms with Gasteiger partial charge in [-0.25, -0.2) is 8.42 Å². The Morgan fingerprint density at radius 1 is 1.06 bits per heavy atom. The van der Waals surface area contributed by atoms with E-state index in [9.17, 15) is 18.0 Å². The van der Waals surface area contributed by atoms with Gasteiger partial charge >= 0.3 is 0 Å². The highest BCUT2D eigenvalue weighted by atomic mass is 32.2. The van der Waals surface area contributed by atoms with Crippen LogP contribution >= 0.6 is 0 Å². The number of nitrogens with one attached hydrogen (secondary N) is 1. The monoisotopic (exact) mass is 501 g/mol. The fraction of sp³-hybridized carbons (Fsp3) is 0.462. The molecule has 0 saturated heterocycles. The number of rotatable bonds is 11. The molecule has 35 heavy (non-hydrogen) atoms. The topological polar surface area (TPSA) is 96.0 Å². The molecular formula is C26H35N3O5S. The van der Waals surface area contributed by atoms with Crippen molar-refractivity contribution in [2.75, 3.05) is 23.7 Å². The molecule has 0 spiro atoms. The van der Waals surface area contributed by atoms with E-state index in [0.717, 1.165) is 41.8 Å². The number of nitrogens with zero attached hydrogens (tertiary/aromatic N) is 2. The highest BCUT2D eigenvalue weighted by Crippen LogP contribution is 2.30. The summed E-state index contributed by atoms with van der Waals surface area (Å²) < 4.78 is 32.2. The first kappa shape index (κ1) is 26.5. The Labute approximate surface area is 208 Å². The Morgan fingerprint density at radius 2 is 1.69 bits per heavy atom. The summed E-state index contributed by atoms with van der Waals surface area (Å²) in [4.78, 5) is 28.1. The fourth-order valence-electron chi connectivity index (χ4n) is 4.29. The van der Waals surface area contributed by atoms with Crippen LogP contribution in [0.15, 0.2) is 54.6 Å². The van der Waals surface area contributed by atoms with Crippen LogP contribution in [-0.2, 0) is 26.2 Å². The van der Waals surface area contributed by atoms with Crippen molar-refractivity contribution in [3.8, 4) is 5.75 Å². The lowest BCUT2D eigenvalue weighted by Crippen LogP contribution is -2.52. The predicted molar refractivity (Wildman–Crippen MR) is 137 cm³/mol. The highest BCUT2D eigenvalue weighted by molar-refractivity contribution is 7.92. The number of benzene rings is 2. The standard InChI is InChI=1S/C26H35N3O5S/c1-4-34-24-17-11-10-16-23(24)29(35(3,32)33)19-25(30)28(18-21-12-6-5-7-13-21)20(2)26(31)27-22-14-8-9-15-22/h5-7,10-13,16-17,20,22H,4,8-9,14-15,18-19H2,1-3H3,(H,27,31)/t20-/m1/s1. The maximum absolute atomic E-state index is 13.6. The fourth-order valence-corrected chi connectivity index (χ4v) is 5.14. The average molecular weight is 502 g/mol. The molecule has 1 aliphatic rings. The van der Waals surface area contributed by atoms with Gasteiger partial charge in [-0.05, 0) is 44.4 Å². The number of carbonyl (C=O) groups excluding carboxylic acids is 2. The van der Waals surface area contributed by atoms with E-state index in [1.165, 1.54) is 4.90 Å². The van der Waals surface area contributed by atoms with Crippen LogP contribution in [0.2, 0.25) is 0 Å². The number of anilines is 1. The molecule has 1 N–H and O–H groups in total. The summed E-state index contributed by atoms with van der Waals surface area (Å²) in [6.07, 6.45) is 5.08. The molecule has 2 amide bonds. The minimum absolute atomic E-state index is 0.115. The summed E-state index contributed by atoms with van der Waals surface area (Å²) in [6.45, 7) is 3.57. The van der Waals surface area contributed by atoms with Gasteiger partial charge in [0.2, 0.25) is 21.8 Å². The quantitative estimate of drug-likeness (QED) is 0.510. The first-order valence-electron chi connectivity index (χ1n) is 12.0. The van der Waals surface area contributed by atoms with Gasteiger partial charge in [-0.2, -0.15) is 0 Å². The summed E-state index contributed by atoms with van der Waals surface area (Å²) in [7, 11) is -3.82. The normalized spacial score (nSPS) is 14.8. The Balaban J connectivity index is 1.89. The molecule has 0 aromatic heterocycles. The van der Waals surface area contributed by atoms with Gasteiger partial charge in [0.25, 0.3) is 0 Å². The first-order valence-corrected chi connectivity index (χ1v) is 13.9. The summed E-state index contributed by atoms with van der Waals surface area (Å²) in [5, 5.41) is 3.06. The van der Waals surface area contributed by atoms with Crippen molar-refractivity contribution in [1.82, 2.24) is 10.2 Å². The van der Waals surface area contributed by atoms with Crippen molar-refractivity contribution in [3.63, 3.8) is 0 Å². The van der Waals surface area contributed by atoms with Crippen molar-refractivity contribution in [1.29, 1.82) is 0 Å². The lowest BCUT2D eigenvalue weighted by Gasteiger charge is -2.32. The Morgan fingerprint density at radius 3 is 2.31 bits per heavy atom. The second kappa shape index (κ2) is 12.1. The summed E-state index contributed by atoms with van der Waals surface area (Å²) in [5.74, 6) is -0.337. The average Bonchev–Trinajstić information content (AvgIpc) is 3.34. The van der Waals surface area contributed by atoms with E-state index in [2.05, 4.69) is 5.32 Å². The molecule has 8 nitrogen and oxygen atoms in total. The maximum Gasteiger partial charge on any atom is 0.244 e. The molecule has 2 aromatic rings. The van der Waals surface area contributed by atoms with Gasteiger partial charge in [-0.3, -0.25) is 13.9 Å². The van der Waals surface area contributed by atoms with Gasteiger partial charge in [0.15, 0.2) is 0 Å². The van der Waals surface area contributed by atoms with Crippen LogP contribution < -0.4 is 14.4 Å². The van der Waals surface area contributed by atoms with E-state index >= 15 is 0 Å². The van der Waals surface area contributed by atoms with Crippen molar-refractivity contribution >= 4 is 27.5 Å². The first-order chi connectivity index (χ1) is 16.7. The zero-order chi connectivity index (χ0) is 25.4. The highest BCUT2D eigenvalue weighted by Gasteiger charge is 2.32. The molecule has 3 rings (SSSR count). The second-order valence-electron chi connectivity index (χ2n) is 8.84. The molecule has 0 radical (unpaired) electrons. The van der Waals surface area contributed by atoms with Crippen LogP contribution in [0, 0.1) is 0 Å². The Kier molecular flexibility index (Phi) is 9.14. The van der Waals surface area contributed by atoms with Crippen molar-refractivity contribution in [3.05, 3.63) is 60.2 Å². The SMILES string of the molecule is CCOc1ccccc1N(CC(=O)N(Cc1ccccc1)[C@H](C)C(=O)NC1CCCC1)S(C)(=O)=O. The molecule has 0 bridgehead atoms. The van der Waals surface area contributed by atoms with E-state index in [4.69, 9.17) is 4.74 Å². The van der Waals surface area contributed by atoms with Gasteiger partial charge in [-0.15, -0.1) is 0 Å². The van der Waals surface area contributed by atoms with E-state index in [0.29, 0.717) is 12.4 Å². The number of sulfonamides is 1.